The van der Waals surface area contributed by atoms with Crippen molar-refractivity contribution in [2.24, 2.45) is 11.8 Å². The third kappa shape index (κ3) is 29.0. The van der Waals surface area contributed by atoms with Gasteiger partial charge in [0.1, 0.15) is 18.0 Å². The molecule has 3 unspecified atom stereocenters. The first-order chi connectivity index (χ1) is 27.4. The number of nitrogens with zero attached hydrogens (tertiary/aromatic N) is 1. The number of alkyl halides is 12. The van der Waals surface area contributed by atoms with Gasteiger partial charge in [-0.1, -0.05) is 13.8 Å². The number of halogens is 12. The summed E-state index contributed by atoms with van der Waals surface area (Å²) in [6, 6.07) is -1.03. The Kier molecular flexibility index (Phi) is 27.3. The van der Waals surface area contributed by atoms with Crippen LogP contribution in [0.3, 0.4) is 0 Å². The predicted octanol–water partition coefficient (Wildman–Crippen LogP) is -0.479. The first-order valence-corrected chi connectivity index (χ1v) is 18.3. The van der Waals surface area contributed by atoms with E-state index in [4.69, 9.17) is 24.5 Å². The van der Waals surface area contributed by atoms with Crippen molar-refractivity contribution in [2.75, 3.05) is 45.9 Å². The lowest BCUT2D eigenvalue weighted by Gasteiger charge is -2.21. The van der Waals surface area contributed by atoms with E-state index in [2.05, 4.69) is 15.5 Å². The molecule has 1 saturated heterocycles. The number of hydrogen-bond donors (Lipinski definition) is 4. The first kappa shape index (κ1) is 57.8. The van der Waals surface area contributed by atoms with Crippen molar-refractivity contribution < 1.29 is 112 Å². The summed E-state index contributed by atoms with van der Waals surface area (Å²) in [6.07, 6.45) is -15.2. The molecule has 60 heavy (non-hydrogen) atoms. The molecule has 0 aliphatic carbocycles. The molecular formula is C33H49F12N5O10. The van der Waals surface area contributed by atoms with Gasteiger partial charge in [-0.15, -0.1) is 0 Å². The van der Waals surface area contributed by atoms with Gasteiger partial charge in [0.05, 0.1) is 19.7 Å². The molecular weight excluding hydrogens is 854 g/mol. The Hall–Kier alpha value is -4.27. The van der Waals surface area contributed by atoms with Gasteiger partial charge in [-0.3, -0.25) is 20.2 Å². The van der Waals surface area contributed by atoms with Crippen LogP contribution in [-0.2, 0) is 38.3 Å². The number of carbonyl (C=O) groups is 7. The van der Waals surface area contributed by atoms with E-state index < -0.39 is 78.2 Å². The van der Waals surface area contributed by atoms with Crippen LogP contribution in [0.2, 0.25) is 0 Å². The third-order valence-electron chi connectivity index (χ3n) is 8.14. The van der Waals surface area contributed by atoms with Gasteiger partial charge in [0, 0.05) is 18.4 Å². The number of primary amides is 2. The molecule has 0 spiro atoms. The fourth-order valence-corrected chi connectivity index (χ4v) is 4.78. The number of unbranched alkanes of at least 4 members (excludes halogenated alkanes) is 1. The van der Waals surface area contributed by atoms with Gasteiger partial charge in [0.25, 0.3) is 0 Å². The van der Waals surface area contributed by atoms with Gasteiger partial charge in [0.2, 0.25) is 11.8 Å². The van der Waals surface area contributed by atoms with Crippen molar-refractivity contribution in [3.8, 4) is 0 Å². The van der Waals surface area contributed by atoms with E-state index in [0.29, 0.717) is 17.1 Å². The molecule has 1 fully saturated rings. The van der Waals surface area contributed by atoms with E-state index in [1.165, 1.54) is 12.8 Å². The molecule has 1 aliphatic heterocycles. The number of nitrogens with two attached hydrogens (primary N) is 2. The summed E-state index contributed by atoms with van der Waals surface area (Å²) < 4.78 is 142. The molecule has 0 aromatic heterocycles. The minimum Gasteiger partial charge on any atom is -0.542 e. The lowest BCUT2D eigenvalue weighted by atomic mass is 10.0. The van der Waals surface area contributed by atoms with Gasteiger partial charge < -0.3 is 40.1 Å². The van der Waals surface area contributed by atoms with Crippen LogP contribution in [0.1, 0.15) is 78.1 Å². The molecule has 0 saturated carbocycles. The van der Waals surface area contributed by atoms with Crippen LogP contribution in [0.5, 0.6) is 0 Å². The molecule has 3 atom stereocenters. The molecule has 1 heterocycles. The zero-order valence-electron chi connectivity index (χ0n) is 32.5. The van der Waals surface area contributed by atoms with Crippen molar-refractivity contribution in [1.82, 2.24) is 15.5 Å². The Bertz CT molecular complexity index is 1330. The van der Waals surface area contributed by atoms with Crippen molar-refractivity contribution in [3.63, 3.8) is 0 Å². The molecule has 0 aromatic rings. The highest BCUT2D eigenvalue weighted by atomic mass is 19.4. The van der Waals surface area contributed by atoms with E-state index >= 15 is 0 Å². The second kappa shape index (κ2) is 28.3. The van der Waals surface area contributed by atoms with Gasteiger partial charge >= 0.3 is 42.5 Å². The highest BCUT2D eigenvalue weighted by Gasteiger charge is 2.43. The summed E-state index contributed by atoms with van der Waals surface area (Å²) in [7, 11) is 0. The number of aliphatic carboxylic acids is 2. The highest BCUT2D eigenvalue weighted by molar-refractivity contribution is 5.85. The first-order valence-electron chi connectivity index (χ1n) is 18.3. The van der Waals surface area contributed by atoms with Crippen LogP contribution in [0.4, 0.5) is 52.7 Å². The Morgan fingerprint density at radius 3 is 1.43 bits per heavy atom. The maximum Gasteiger partial charge on any atom is 0.509 e. The van der Waals surface area contributed by atoms with Crippen LogP contribution >= 0.6 is 0 Å². The van der Waals surface area contributed by atoms with Gasteiger partial charge in [0.15, 0.2) is 0 Å². The fraction of sp³-hybridized carbons (Fsp3) is 0.788. The smallest absolute Gasteiger partial charge is 0.509 e. The van der Waals surface area contributed by atoms with Crippen molar-refractivity contribution in [1.29, 1.82) is 0 Å². The average molecular weight is 904 g/mol. The van der Waals surface area contributed by atoms with E-state index in [1.807, 2.05) is 0 Å². The van der Waals surface area contributed by atoms with Crippen molar-refractivity contribution >= 4 is 41.5 Å². The zero-order valence-corrected chi connectivity index (χ0v) is 32.5. The normalized spacial score (nSPS) is 14.9. The average Bonchev–Trinajstić information content (AvgIpc) is 3.64. The standard InChI is InChI=1S/C29H47F6N5O6.2C2HF3O2/c1-20(10-7-14-37-26(44)28(30,31)32)23(41)36-13-9-12-22(25(43)46-19-6-5-18-40-16-3-4-17-40)39-24(42)21(2)11-8-15-38-27(45)29(33,34)35;2*3-2(4,5)1(6)7/h20-22H,3-19H2,1-2H3,(H,36,41)(H,37,44)(H,38,45)(H,39,42);2*(H,6,7). The number of carboxylic acid groups (broad SMARTS) is 2. The number of amides is 4. The largest absolute Gasteiger partial charge is 0.542 e. The number of carboxylic acids is 2. The Labute approximate surface area is 335 Å². The Morgan fingerprint density at radius 1 is 0.617 bits per heavy atom. The quantitative estimate of drug-likeness (QED) is 0.0653. The minimum absolute atomic E-state index is 0.111. The second-order valence-electron chi connectivity index (χ2n) is 13.3. The molecule has 4 amide bonds. The number of hydrogen-bond acceptors (Lipinski definition) is 11. The topological polar surface area (TPSA) is 235 Å². The number of carbonyl (C=O) groups excluding carboxylic acids is 7. The SMILES string of the molecule is CC(CCC[NH2+]C(=O)C(F)(F)F)C(=O)NCCCC(NC(=O)C(C)CCC[NH2+]C(=O)C(F)(F)F)C(=O)OCCCCN1CCCC1.O=C([O-])C(F)(F)F.O=C([O-])C(F)(F)F. The van der Waals surface area contributed by atoms with Crippen molar-refractivity contribution in [3.05, 3.63) is 0 Å². The van der Waals surface area contributed by atoms with E-state index in [9.17, 15) is 76.7 Å². The fourth-order valence-electron chi connectivity index (χ4n) is 4.78. The highest BCUT2D eigenvalue weighted by Crippen LogP contribution is 2.15. The summed E-state index contributed by atoms with van der Waals surface area (Å²) >= 11 is 0. The van der Waals surface area contributed by atoms with Crippen LogP contribution in [-0.4, -0.2) is 123 Å². The Balaban J connectivity index is 0. The molecule has 350 valence electrons. The number of quaternary nitrogens is 2. The second-order valence-corrected chi connectivity index (χ2v) is 13.3. The summed E-state index contributed by atoms with van der Waals surface area (Å²) in [5.41, 5.74) is 0. The van der Waals surface area contributed by atoms with E-state index in [1.54, 1.807) is 13.8 Å². The van der Waals surface area contributed by atoms with Gasteiger partial charge in [-0.05, 0) is 83.8 Å². The molecule has 1 rings (SSSR count). The molecule has 0 bridgehead atoms. The molecule has 0 radical (unpaired) electrons. The molecule has 27 heteroatoms. The Morgan fingerprint density at radius 2 is 1.03 bits per heavy atom. The van der Waals surface area contributed by atoms with Crippen LogP contribution in [0, 0.1) is 11.8 Å². The summed E-state index contributed by atoms with van der Waals surface area (Å²) in [4.78, 5) is 79.8. The zero-order chi connectivity index (χ0) is 46.9. The number of likely N-dealkylation sites (tertiary alicyclic amines) is 1. The summed E-state index contributed by atoms with van der Waals surface area (Å²) in [5.74, 6) is -12.6. The van der Waals surface area contributed by atoms with E-state index in [0.717, 1.165) is 26.1 Å². The summed E-state index contributed by atoms with van der Waals surface area (Å²) in [6.45, 7) is 6.22. The van der Waals surface area contributed by atoms with Crippen molar-refractivity contribution in [2.45, 2.75) is 109 Å². The third-order valence-corrected chi connectivity index (χ3v) is 8.14. The lowest BCUT2D eigenvalue weighted by molar-refractivity contribution is -0.582. The monoisotopic (exact) mass is 903 g/mol. The number of esters is 1. The maximum absolute atomic E-state index is 12.9. The van der Waals surface area contributed by atoms with Crippen LogP contribution in [0.25, 0.3) is 0 Å². The summed E-state index contributed by atoms with van der Waals surface area (Å²) in [5, 5.41) is 24.0. The van der Waals surface area contributed by atoms with Gasteiger partial charge in [-0.25, -0.2) is 14.4 Å². The minimum atomic E-state index is -5.19. The van der Waals surface area contributed by atoms with E-state index in [-0.39, 0.29) is 70.7 Å². The number of nitrogens with one attached hydrogen (secondary N) is 2. The molecule has 0 aromatic carbocycles. The lowest BCUT2D eigenvalue weighted by Crippen LogP contribution is -2.91. The molecule has 15 nitrogen and oxygen atoms in total. The van der Waals surface area contributed by atoms with Gasteiger partial charge in [-0.2, -0.15) is 52.7 Å². The molecule has 1 aliphatic rings. The predicted molar refractivity (Wildman–Crippen MR) is 175 cm³/mol. The maximum atomic E-state index is 12.9. The van der Waals surface area contributed by atoms with Crippen LogP contribution in [0.15, 0.2) is 0 Å². The molecule has 6 N–H and O–H groups in total. The number of rotatable bonds is 21. The van der Waals surface area contributed by atoms with Crippen LogP contribution < -0.4 is 31.5 Å². The number of ether oxygens (including phenoxy) is 1.